The summed E-state index contributed by atoms with van der Waals surface area (Å²) in [6.45, 7) is 3.96. The van der Waals surface area contributed by atoms with E-state index in [1.165, 1.54) is 16.2 Å². The predicted molar refractivity (Wildman–Crippen MR) is 128 cm³/mol. The molecule has 0 unspecified atom stereocenters. The molecule has 3 aromatic rings. The first-order valence-electron chi connectivity index (χ1n) is 10.9. The quantitative estimate of drug-likeness (QED) is 0.485. The summed E-state index contributed by atoms with van der Waals surface area (Å²) in [5, 5.41) is 1.38. The Balaban J connectivity index is 1.76. The van der Waals surface area contributed by atoms with Crippen LogP contribution in [0, 0.1) is 0 Å². The van der Waals surface area contributed by atoms with E-state index in [0.29, 0.717) is 23.6 Å². The van der Waals surface area contributed by atoms with Gasteiger partial charge in [-0.2, -0.15) is 0 Å². The van der Waals surface area contributed by atoms with Crippen LogP contribution in [0.3, 0.4) is 0 Å². The van der Waals surface area contributed by atoms with Crippen molar-refractivity contribution in [1.29, 1.82) is 0 Å². The maximum Gasteiger partial charge on any atom is 0.230 e. The van der Waals surface area contributed by atoms with Gasteiger partial charge in [-0.15, -0.1) is 11.3 Å². The van der Waals surface area contributed by atoms with Gasteiger partial charge >= 0.3 is 0 Å². The van der Waals surface area contributed by atoms with E-state index in [1.807, 2.05) is 38.1 Å². The SMILES string of the molecule is COc1ccc(-c2c(Cl)c(CN3C(=O)CCC3=O)nc3sc4c(c23)CCC(=O)C4(C)C)cc1. The first-order valence-corrected chi connectivity index (χ1v) is 12.1. The second kappa shape index (κ2) is 7.92. The summed E-state index contributed by atoms with van der Waals surface area (Å²) in [6, 6.07) is 7.63. The van der Waals surface area contributed by atoms with E-state index in [2.05, 4.69) is 0 Å². The molecule has 0 spiro atoms. The number of aryl methyl sites for hydroxylation is 1. The Bertz CT molecular complexity index is 1310. The lowest BCUT2D eigenvalue weighted by atomic mass is 9.76. The van der Waals surface area contributed by atoms with Crippen molar-refractivity contribution in [2.24, 2.45) is 0 Å². The van der Waals surface area contributed by atoms with Gasteiger partial charge < -0.3 is 4.74 Å². The van der Waals surface area contributed by atoms with Crippen molar-refractivity contribution in [1.82, 2.24) is 9.88 Å². The van der Waals surface area contributed by atoms with Crippen molar-refractivity contribution in [3.63, 3.8) is 0 Å². The molecule has 3 heterocycles. The van der Waals surface area contributed by atoms with Crippen LogP contribution < -0.4 is 4.74 Å². The zero-order chi connectivity index (χ0) is 23.5. The zero-order valence-electron chi connectivity index (χ0n) is 18.7. The van der Waals surface area contributed by atoms with Crippen LogP contribution in [-0.4, -0.2) is 34.6 Å². The van der Waals surface area contributed by atoms with E-state index in [1.54, 1.807) is 7.11 Å². The first-order chi connectivity index (χ1) is 15.7. The predicted octanol–water partition coefficient (Wildman–Crippen LogP) is 5.07. The molecule has 2 aliphatic rings. The molecule has 8 heteroatoms. The number of likely N-dealkylation sites (tertiary alicyclic amines) is 1. The molecule has 1 aromatic carbocycles. The molecule has 0 bridgehead atoms. The van der Waals surface area contributed by atoms with Crippen molar-refractivity contribution in [3.8, 4) is 16.9 Å². The highest BCUT2D eigenvalue weighted by Gasteiger charge is 2.39. The first kappa shape index (κ1) is 22.0. The molecule has 1 aliphatic heterocycles. The lowest BCUT2D eigenvalue weighted by molar-refractivity contribution is -0.139. The van der Waals surface area contributed by atoms with Crippen LogP contribution in [0.4, 0.5) is 0 Å². The molecule has 1 fully saturated rings. The summed E-state index contributed by atoms with van der Waals surface area (Å²) < 4.78 is 5.31. The fourth-order valence-corrected chi connectivity index (χ4v) is 6.40. The van der Waals surface area contributed by atoms with Gasteiger partial charge in [-0.05, 0) is 43.5 Å². The number of benzene rings is 1. The molecule has 170 valence electrons. The van der Waals surface area contributed by atoms with Gasteiger partial charge in [-0.1, -0.05) is 23.7 Å². The van der Waals surface area contributed by atoms with Gasteiger partial charge in [0, 0.05) is 35.1 Å². The van der Waals surface area contributed by atoms with Crippen LogP contribution in [0.5, 0.6) is 5.75 Å². The van der Waals surface area contributed by atoms with E-state index in [4.69, 9.17) is 21.3 Å². The molecule has 2 amide bonds. The molecule has 5 rings (SSSR count). The molecule has 0 atom stereocenters. The van der Waals surface area contributed by atoms with Crippen LogP contribution in [-0.2, 0) is 32.8 Å². The van der Waals surface area contributed by atoms with Gasteiger partial charge in [0.25, 0.3) is 0 Å². The highest BCUT2D eigenvalue weighted by atomic mass is 35.5. The maximum atomic E-state index is 12.7. The number of rotatable bonds is 4. The molecule has 0 radical (unpaired) electrons. The minimum absolute atomic E-state index is 0.0421. The average Bonchev–Trinajstić information content (AvgIpc) is 3.32. The number of hydrogen-bond donors (Lipinski definition) is 0. The fraction of sp³-hybridized carbons (Fsp3) is 0.360. The largest absolute Gasteiger partial charge is 0.497 e. The molecule has 1 saturated heterocycles. The van der Waals surface area contributed by atoms with Crippen LogP contribution >= 0.6 is 22.9 Å². The van der Waals surface area contributed by atoms with Crippen molar-refractivity contribution in [2.45, 2.75) is 51.5 Å². The molecule has 6 nitrogen and oxygen atoms in total. The Morgan fingerprint density at radius 3 is 2.36 bits per heavy atom. The number of carbonyl (C=O) groups excluding carboxylic acids is 3. The number of Topliss-reactive ketones (excluding diaryl/α,β-unsaturated/α-hetero) is 1. The Labute approximate surface area is 200 Å². The lowest BCUT2D eigenvalue weighted by Crippen LogP contribution is -2.32. The Morgan fingerprint density at radius 1 is 1.06 bits per heavy atom. The van der Waals surface area contributed by atoms with E-state index in [0.717, 1.165) is 37.5 Å². The third kappa shape index (κ3) is 3.45. The second-order valence-corrected chi connectivity index (χ2v) is 10.4. The Kier molecular flexibility index (Phi) is 5.29. The number of pyridine rings is 1. The summed E-state index contributed by atoms with van der Waals surface area (Å²) in [6.07, 6.45) is 1.55. The number of amides is 2. The fourth-order valence-electron chi connectivity index (χ4n) is 4.72. The molecule has 1 aliphatic carbocycles. The number of ether oxygens (including phenoxy) is 1. The van der Waals surface area contributed by atoms with Crippen LogP contribution in [0.2, 0.25) is 5.02 Å². The second-order valence-electron chi connectivity index (χ2n) is 8.99. The summed E-state index contributed by atoms with van der Waals surface area (Å²) in [7, 11) is 1.61. The number of aromatic nitrogens is 1. The van der Waals surface area contributed by atoms with Gasteiger partial charge in [-0.3, -0.25) is 19.3 Å². The number of ketones is 1. The number of nitrogens with zero attached hydrogens (tertiary/aromatic N) is 2. The van der Waals surface area contributed by atoms with Crippen molar-refractivity contribution in [3.05, 3.63) is 45.4 Å². The van der Waals surface area contributed by atoms with Crippen molar-refractivity contribution in [2.75, 3.05) is 7.11 Å². The number of halogens is 1. The molecule has 0 N–H and O–H groups in total. The highest BCUT2D eigenvalue weighted by Crippen LogP contribution is 2.49. The van der Waals surface area contributed by atoms with Gasteiger partial charge in [0.1, 0.15) is 16.4 Å². The van der Waals surface area contributed by atoms with Gasteiger partial charge in [0.2, 0.25) is 11.8 Å². The summed E-state index contributed by atoms with van der Waals surface area (Å²) >= 11 is 8.47. The molecular weight excluding hydrogens is 460 g/mol. The smallest absolute Gasteiger partial charge is 0.230 e. The number of carbonyl (C=O) groups is 3. The van der Waals surface area contributed by atoms with Crippen LogP contribution in [0.1, 0.15) is 49.2 Å². The van der Waals surface area contributed by atoms with Crippen molar-refractivity contribution < 1.29 is 19.1 Å². The monoisotopic (exact) mass is 482 g/mol. The third-order valence-electron chi connectivity index (χ3n) is 6.66. The lowest BCUT2D eigenvalue weighted by Gasteiger charge is -2.28. The normalized spacial score (nSPS) is 17.7. The molecular formula is C25H23ClN2O4S. The number of fused-ring (bicyclic) bond motifs is 3. The molecule has 0 saturated carbocycles. The number of hydrogen-bond acceptors (Lipinski definition) is 6. The van der Waals surface area contributed by atoms with E-state index in [-0.39, 0.29) is 37.0 Å². The highest BCUT2D eigenvalue weighted by molar-refractivity contribution is 7.19. The average molecular weight is 483 g/mol. The van der Waals surface area contributed by atoms with Crippen LogP contribution in [0.15, 0.2) is 24.3 Å². The minimum atomic E-state index is -0.594. The topological polar surface area (TPSA) is 76.6 Å². The number of methoxy groups -OCH3 is 1. The van der Waals surface area contributed by atoms with E-state index in [9.17, 15) is 14.4 Å². The van der Waals surface area contributed by atoms with Gasteiger partial charge in [0.15, 0.2) is 0 Å². The zero-order valence-corrected chi connectivity index (χ0v) is 20.2. The van der Waals surface area contributed by atoms with E-state index < -0.39 is 5.41 Å². The maximum absolute atomic E-state index is 12.7. The standard InChI is InChI=1S/C25H23ClN2O4S/c1-25(2)17(29)9-8-15-21-20(13-4-6-14(32-3)7-5-13)22(26)16(27-24(21)33-23(15)25)12-28-18(30)10-11-19(28)31/h4-7H,8-12H2,1-3H3. The van der Waals surface area contributed by atoms with Gasteiger partial charge in [-0.25, -0.2) is 4.98 Å². The van der Waals surface area contributed by atoms with Gasteiger partial charge in [0.05, 0.1) is 29.8 Å². The minimum Gasteiger partial charge on any atom is -0.497 e. The van der Waals surface area contributed by atoms with Crippen LogP contribution in [0.25, 0.3) is 21.3 Å². The summed E-state index contributed by atoms with van der Waals surface area (Å²) in [4.78, 5) is 45.0. The third-order valence-corrected chi connectivity index (χ3v) is 8.51. The van der Waals surface area contributed by atoms with E-state index >= 15 is 0 Å². The Hall–Kier alpha value is -2.77. The molecule has 33 heavy (non-hydrogen) atoms. The summed E-state index contributed by atoms with van der Waals surface area (Å²) in [5.74, 6) is 0.530. The van der Waals surface area contributed by atoms with Crippen molar-refractivity contribution >= 4 is 50.8 Å². The number of thiophene rings is 1. The Morgan fingerprint density at radius 2 is 1.73 bits per heavy atom. The number of imide groups is 1. The molecule has 2 aromatic heterocycles. The summed E-state index contributed by atoms with van der Waals surface area (Å²) in [5.41, 5.74) is 2.72.